The van der Waals surface area contributed by atoms with Crippen LogP contribution in [0.1, 0.15) is 40.9 Å². The zero-order chi connectivity index (χ0) is 16.9. The topological polar surface area (TPSA) is 17.1 Å². The molecule has 2 aliphatic rings. The summed E-state index contributed by atoms with van der Waals surface area (Å²) in [4.78, 5) is 13.0. The van der Waals surface area contributed by atoms with Crippen LogP contribution in [-0.2, 0) is 5.41 Å². The SMILES string of the molecule is CC1(C)c2cccc3ccc4cc5c(c1c4c23)-c1ccccc1C5=O. The van der Waals surface area contributed by atoms with Crippen LogP contribution >= 0.6 is 0 Å². The highest BCUT2D eigenvalue weighted by atomic mass is 16.1. The molecule has 1 heteroatoms. The Balaban J connectivity index is 1.92. The fourth-order valence-corrected chi connectivity index (χ4v) is 5.06. The first-order valence-electron chi connectivity index (χ1n) is 8.76. The first-order valence-corrected chi connectivity index (χ1v) is 8.76. The summed E-state index contributed by atoms with van der Waals surface area (Å²) in [6, 6.07) is 21.1. The first-order chi connectivity index (χ1) is 12.1. The number of ketones is 1. The number of rotatable bonds is 0. The Kier molecular flexibility index (Phi) is 2.14. The standard InChI is InChI=1S/C24H16O/c1-24(2)18-9-5-6-13-10-11-14-12-17-21(22(24)20(14)19(13)18)15-7-3-4-8-16(15)23(17)25/h3-12H,1-2H3. The molecule has 1 nitrogen and oxygen atoms in total. The summed E-state index contributed by atoms with van der Waals surface area (Å²) in [6.45, 7) is 4.59. The van der Waals surface area contributed by atoms with Gasteiger partial charge in [-0.15, -0.1) is 0 Å². The molecule has 0 spiro atoms. The van der Waals surface area contributed by atoms with Crippen LogP contribution in [0.4, 0.5) is 0 Å². The maximum atomic E-state index is 13.0. The van der Waals surface area contributed by atoms with Gasteiger partial charge < -0.3 is 0 Å². The van der Waals surface area contributed by atoms with E-state index in [0.29, 0.717) is 0 Å². The monoisotopic (exact) mass is 320 g/mol. The predicted octanol–water partition coefficient (Wildman–Crippen LogP) is 5.84. The van der Waals surface area contributed by atoms with Crippen molar-refractivity contribution in [3.8, 4) is 11.1 Å². The summed E-state index contributed by atoms with van der Waals surface area (Å²) >= 11 is 0. The highest BCUT2D eigenvalue weighted by Gasteiger charge is 2.40. The van der Waals surface area contributed by atoms with Crippen LogP contribution in [0, 0.1) is 0 Å². The third-order valence-electron chi connectivity index (χ3n) is 6.13. The molecule has 0 saturated heterocycles. The van der Waals surface area contributed by atoms with E-state index in [2.05, 4.69) is 56.3 Å². The van der Waals surface area contributed by atoms with Crippen LogP contribution in [0.3, 0.4) is 0 Å². The summed E-state index contributed by atoms with van der Waals surface area (Å²) < 4.78 is 0. The average Bonchev–Trinajstić information content (AvgIpc) is 3.04. The van der Waals surface area contributed by atoms with Gasteiger partial charge in [-0.25, -0.2) is 0 Å². The van der Waals surface area contributed by atoms with E-state index < -0.39 is 0 Å². The summed E-state index contributed by atoms with van der Waals surface area (Å²) in [6.07, 6.45) is 0. The Morgan fingerprint density at radius 1 is 0.720 bits per heavy atom. The van der Waals surface area contributed by atoms with Crippen molar-refractivity contribution in [2.75, 3.05) is 0 Å². The molecule has 0 N–H and O–H groups in total. The number of carbonyl (C=O) groups excluding carboxylic acids is 1. The smallest absolute Gasteiger partial charge is 0.194 e. The summed E-state index contributed by atoms with van der Waals surface area (Å²) in [5, 5.41) is 5.16. The normalized spacial score (nSPS) is 16.0. The second kappa shape index (κ2) is 4.00. The van der Waals surface area contributed by atoms with Crippen LogP contribution < -0.4 is 0 Å². The lowest BCUT2D eigenvalue weighted by Gasteiger charge is -2.25. The van der Waals surface area contributed by atoms with Crippen molar-refractivity contribution in [3.05, 3.63) is 82.9 Å². The fourth-order valence-electron chi connectivity index (χ4n) is 5.06. The van der Waals surface area contributed by atoms with Crippen LogP contribution in [0.5, 0.6) is 0 Å². The van der Waals surface area contributed by atoms with E-state index in [1.807, 2.05) is 18.2 Å². The van der Waals surface area contributed by atoms with E-state index in [4.69, 9.17) is 0 Å². The molecule has 0 saturated carbocycles. The molecule has 0 bridgehead atoms. The third kappa shape index (κ3) is 1.36. The Morgan fingerprint density at radius 2 is 1.48 bits per heavy atom. The van der Waals surface area contributed by atoms with Crippen molar-refractivity contribution in [2.45, 2.75) is 19.3 Å². The van der Waals surface area contributed by atoms with Gasteiger partial charge in [0.15, 0.2) is 5.78 Å². The molecule has 0 aliphatic heterocycles. The molecule has 0 radical (unpaired) electrons. The maximum Gasteiger partial charge on any atom is 0.194 e. The van der Waals surface area contributed by atoms with E-state index >= 15 is 0 Å². The number of hydrogen-bond acceptors (Lipinski definition) is 1. The summed E-state index contributed by atoms with van der Waals surface area (Å²) in [5.41, 5.74) is 6.54. The molecule has 2 aliphatic carbocycles. The van der Waals surface area contributed by atoms with E-state index in [9.17, 15) is 4.79 Å². The zero-order valence-corrected chi connectivity index (χ0v) is 14.2. The van der Waals surface area contributed by atoms with Gasteiger partial charge >= 0.3 is 0 Å². The molecule has 118 valence electrons. The average molecular weight is 320 g/mol. The van der Waals surface area contributed by atoms with Crippen molar-refractivity contribution >= 4 is 27.3 Å². The van der Waals surface area contributed by atoms with Crippen LogP contribution in [-0.4, -0.2) is 5.78 Å². The van der Waals surface area contributed by atoms with Gasteiger partial charge in [0.2, 0.25) is 0 Å². The van der Waals surface area contributed by atoms with Gasteiger partial charge in [0.05, 0.1) is 0 Å². The van der Waals surface area contributed by atoms with Gasteiger partial charge in [0, 0.05) is 16.5 Å². The number of benzene rings is 4. The van der Waals surface area contributed by atoms with Crippen molar-refractivity contribution < 1.29 is 4.79 Å². The molecule has 0 unspecified atom stereocenters. The lowest BCUT2D eigenvalue weighted by Crippen LogP contribution is -2.16. The molecule has 25 heavy (non-hydrogen) atoms. The van der Waals surface area contributed by atoms with E-state index in [1.54, 1.807) is 0 Å². The van der Waals surface area contributed by atoms with Crippen molar-refractivity contribution in [1.82, 2.24) is 0 Å². The highest BCUT2D eigenvalue weighted by Crippen LogP contribution is 2.55. The second-order valence-corrected chi connectivity index (χ2v) is 7.74. The minimum atomic E-state index is -0.107. The highest BCUT2D eigenvalue weighted by molar-refractivity contribution is 6.27. The van der Waals surface area contributed by atoms with Crippen LogP contribution in [0.25, 0.3) is 32.7 Å². The first kappa shape index (κ1) is 13.4. The molecule has 0 atom stereocenters. The largest absolute Gasteiger partial charge is 0.289 e. The minimum Gasteiger partial charge on any atom is -0.289 e. The van der Waals surface area contributed by atoms with Gasteiger partial charge in [-0.3, -0.25) is 4.79 Å². The lowest BCUT2D eigenvalue weighted by atomic mass is 9.78. The number of carbonyl (C=O) groups is 1. The minimum absolute atomic E-state index is 0.107. The van der Waals surface area contributed by atoms with Crippen LogP contribution in [0.15, 0.2) is 60.7 Å². The molecule has 0 fully saturated rings. The van der Waals surface area contributed by atoms with Gasteiger partial charge in [-0.05, 0) is 49.9 Å². The number of fused-ring (bicyclic) bond motifs is 4. The van der Waals surface area contributed by atoms with Crippen molar-refractivity contribution in [3.63, 3.8) is 0 Å². The molecule has 4 aromatic rings. The van der Waals surface area contributed by atoms with Gasteiger partial charge in [-0.2, -0.15) is 0 Å². The Hall–Kier alpha value is -2.93. The van der Waals surface area contributed by atoms with Crippen molar-refractivity contribution in [1.29, 1.82) is 0 Å². The summed E-state index contributed by atoms with van der Waals surface area (Å²) in [7, 11) is 0. The van der Waals surface area contributed by atoms with Gasteiger partial charge in [0.25, 0.3) is 0 Å². The predicted molar refractivity (Wildman–Crippen MR) is 102 cm³/mol. The lowest BCUT2D eigenvalue weighted by molar-refractivity contribution is 0.104. The Morgan fingerprint density at radius 3 is 2.32 bits per heavy atom. The fraction of sp³-hybridized carbons (Fsp3) is 0.125. The van der Waals surface area contributed by atoms with Crippen LogP contribution in [0.2, 0.25) is 0 Å². The quantitative estimate of drug-likeness (QED) is 0.327. The molecule has 6 rings (SSSR count). The molecule has 4 aromatic carbocycles. The Labute approximate surface area is 145 Å². The third-order valence-corrected chi connectivity index (χ3v) is 6.13. The maximum absolute atomic E-state index is 13.0. The van der Waals surface area contributed by atoms with Gasteiger partial charge in [0.1, 0.15) is 0 Å². The molecular formula is C24H16O. The molecule has 0 heterocycles. The number of hydrogen-bond donors (Lipinski definition) is 0. The van der Waals surface area contributed by atoms with E-state index in [0.717, 1.165) is 22.3 Å². The van der Waals surface area contributed by atoms with Gasteiger partial charge in [-0.1, -0.05) is 68.4 Å². The van der Waals surface area contributed by atoms with Crippen molar-refractivity contribution in [2.24, 2.45) is 0 Å². The van der Waals surface area contributed by atoms with E-state index in [1.165, 1.54) is 32.7 Å². The second-order valence-electron chi connectivity index (χ2n) is 7.74. The molecule has 0 amide bonds. The molecular weight excluding hydrogens is 304 g/mol. The Bertz CT molecular complexity index is 1270. The zero-order valence-electron chi connectivity index (χ0n) is 14.2. The van der Waals surface area contributed by atoms with E-state index in [-0.39, 0.29) is 11.2 Å². The summed E-state index contributed by atoms with van der Waals surface area (Å²) in [5.74, 6) is 0.163. The molecule has 0 aromatic heterocycles.